The van der Waals surface area contributed by atoms with Crippen LogP contribution >= 0.6 is 15.9 Å². The molecule has 4 nitrogen and oxygen atoms in total. The van der Waals surface area contributed by atoms with E-state index in [1.807, 2.05) is 7.05 Å². The normalized spacial score (nSPS) is 16.4. The largest absolute Gasteiger partial charge is 0.356 e. The van der Waals surface area contributed by atoms with Crippen molar-refractivity contribution in [3.05, 3.63) is 22.4 Å². The molecule has 0 aliphatic carbocycles. The van der Waals surface area contributed by atoms with E-state index in [-0.39, 0.29) is 5.91 Å². The number of H-pyrrole nitrogens is 1. The number of nitrogens with zero attached hydrogens (tertiary/aromatic N) is 1. The highest BCUT2D eigenvalue weighted by Crippen LogP contribution is 2.13. The summed E-state index contributed by atoms with van der Waals surface area (Å²) in [5, 5.41) is 3.14. The number of hydrogen-bond donors (Lipinski definition) is 2. The lowest BCUT2D eigenvalue weighted by molar-refractivity contribution is 0.0676. The molecule has 2 N–H and O–H groups in total. The number of aromatic nitrogens is 1. The summed E-state index contributed by atoms with van der Waals surface area (Å²) in [7, 11) is 1.84. The molecule has 1 saturated heterocycles. The molecule has 1 aromatic heterocycles. The summed E-state index contributed by atoms with van der Waals surface area (Å²) in [6.07, 6.45) is 1.76. The molecule has 1 fully saturated rings. The number of carbonyl (C=O) groups excluding carboxylic acids is 1. The average molecular weight is 258 g/mol. The highest BCUT2D eigenvalue weighted by Gasteiger charge is 2.26. The average Bonchev–Trinajstić information content (AvgIpc) is 2.47. The number of amides is 1. The van der Waals surface area contributed by atoms with Crippen LogP contribution in [-0.2, 0) is 0 Å². The first-order chi connectivity index (χ1) is 6.68. The van der Waals surface area contributed by atoms with Crippen molar-refractivity contribution in [1.82, 2.24) is 15.2 Å². The molecule has 14 heavy (non-hydrogen) atoms. The van der Waals surface area contributed by atoms with Crippen molar-refractivity contribution < 1.29 is 4.79 Å². The Morgan fingerprint density at radius 3 is 2.79 bits per heavy atom. The predicted molar refractivity (Wildman–Crippen MR) is 57.2 cm³/mol. The van der Waals surface area contributed by atoms with Gasteiger partial charge in [-0.2, -0.15) is 0 Å². The molecule has 76 valence electrons. The molecule has 2 heterocycles. The van der Waals surface area contributed by atoms with Crippen LogP contribution < -0.4 is 5.32 Å². The second-order valence-corrected chi connectivity index (χ2v) is 4.38. The van der Waals surface area contributed by atoms with Crippen molar-refractivity contribution in [1.29, 1.82) is 0 Å². The fraction of sp³-hybridized carbons (Fsp3) is 0.444. The fourth-order valence-electron chi connectivity index (χ4n) is 1.39. The molecule has 0 unspecified atom stereocenters. The van der Waals surface area contributed by atoms with Crippen LogP contribution in [0.2, 0.25) is 0 Å². The Morgan fingerprint density at radius 1 is 1.64 bits per heavy atom. The Hall–Kier alpha value is -0.810. The van der Waals surface area contributed by atoms with Crippen LogP contribution in [-0.4, -0.2) is 42.0 Å². The molecule has 1 aliphatic heterocycles. The number of aromatic amines is 1. The van der Waals surface area contributed by atoms with Crippen LogP contribution in [0.5, 0.6) is 0 Å². The number of nitrogens with one attached hydrogen (secondary N) is 2. The first-order valence-electron chi connectivity index (χ1n) is 4.50. The van der Waals surface area contributed by atoms with Crippen LogP contribution in [0.4, 0.5) is 0 Å². The van der Waals surface area contributed by atoms with Gasteiger partial charge in [0.25, 0.3) is 5.91 Å². The molecule has 5 heteroatoms. The van der Waals surface area contributed by atoms with Crippen LogP contribution in [0, 0.1) is 0 Å². The van der Waals surface area contributed by atoms with Gasteiger partial charge in [0.1, 0.15) is 5.69 Å². The number of likely N-dealkylation sites (N-methyl/N-ethyl adjacent to an activating group) is 1. The van der Waals surface area contributed by atoms with Gasteiger partial charge in [0.05, 0.1) is 6.04 Å². The summed E-state index contributed by atoms with van der Waals surface area (Å²) in [5.74, 6) is 0.0437. The molecule has 0 aromatic carbocycles. The molecule has 0 radical (unpaired) electrons. The second kappa shape index (κ2) is 3.74. The van der Waals surface area contributed by atoms with Crippen LogP contribution in [0.1, 0.15) is 10.5 Å². The molecular weight excluding hydrogens is 246 g/mol. The minimum absolute atomic E-state index is 0.0437. The van der Waals surface area contributed by atoms with Crippen LogP contribution in [0.15, 0.2) is 16.7 Å². The Labute approximate surface area is 90.8 Å². The first-order valence-corrected chi connectivity index (χ1v) is 5.29. The highest BCUT2D eigenvalue weighted by molar-refractivity contribution is 9.10. The summed E-state index contributed by atoms with van der Waals surface area (Å²) >= 11 is 3.30. The summed E-state index contributed by atoms with van der Waals surface area (Å²) in [5.41, 5.74) is 0.631. The van der Waals surface area contributed by atoms with Gasteiger partial charge in [0, 0.05) is 30.8 Å². The Kier molecular flexibility index (Phi) is 2.60. The Morgan fingerprint density at radius 2 is 2.36 bits per heavy atom. The minimum atomic E-state index is 0.0437. The van der Waals surface area contributed by atoms with Gasteiger partial charge in [-0.1, -0.05) is 0 Å². The van der Waals surface area contributed by atoms with Gasteiger partial charge < -0.3 is 15.2 Å². The van der Waals surface area contributed by atoms with E-state index in [2.05, 4.69) is 26.2 Å². The molecule has 0 spiro atoms. The zero-order chi connectivity index (χ0) is 10.1. The summed E-state index contributed by atoms with van der Waals surface area (Å²) in [4.78, 5) is 16.5. The summed E-state index contributed by atoms with van der Waals surface area (Å²) in [6.45, 7) is 1.79. The van der Waals surface area contributed by atoms with Crippen molar-refractivity contribution in [3.63, 3.8) is 0 Å². The van der Waals surface area contributed by atoms with Crippen molar-refractivity contribution in [2.45, 2.75) is 6.04 Å². The smallest absolute Gasteiger partial charge is 0.270 e. The Balaban J connectivity index is 2.07. The standard InChI is InChI=1S/C9H12BrN3O/c1-13(7-4-11-5-7)9(14)8-2-6(10)3-12-8/h2-3,7,11-12H,4-5H2,1H3. The van der Waals surface area contributed by atoms with E-state index in [0.717, 1.165) is 17.6 Å². The number of rotatable bonds is 2. The minimum Gasteiger partial charge on any atom is -0.356 e. The van der Waals surface area contributed by atoms with E-state index in [4.69, 9.17) is 0 Å². The zero-order valence-corrected chi connectivity index (χ0v) is 9.47. The quantitative estimate of drug-likeness (QED) is 0.825. The van der Waals surface area contributed by atoms with Gasteiger partial charge in [-0.05, 0) is 22.0 Å². The van der Waals surface area contributed by atoms with Gasteiger partial charge >= 0.3 is 0 Å². The SMILES string of the molecule is CN(C(=O)c1cc(Br)c[nH]1)C1CNC1. The first kappa shape index (κ1) is 9.73. The molecular formula is C9H12BrN3O. The number of halogens is 1. The van der Waals surface area contributed by atoms with Crippen LogP contribution in [0.3, 0.4) is 0 Å². The maximum Gasteiger partial charge on any atom is 0.270 e. The van der Waals surface area contributed by atoms with E-state index in [1.54, 1.807) is 17.2 Å². The third kappa shape index (κ3) is 1.69. The molecule has 0 saturated carbocycles. The van der Waals surface area contributed by atoms with E-state index in [1.165, 1.54) is 0 Å². The monoisotopic (exact) mass is 257 g/mol. The second-order valence-electron chi connectivity index (χ2n) is 3.46. The molecule has 0 atom stereocenters. The predicted octanol–water partition coefficient (Wildman–Crippen LogP) is 0.821. The zero-order valence-electron chi connectivity index (χ0n) is 7.88. The lowest BCUT2D eigenvalue weighted by Gasteiger charge is -2.35. The highest BCUT2D eigenvalue weighted by atomic mass is 79.9. The Bertz CT molecular complexity index is 346. The van der Waals surface area contributed by atoms with E-state index in [9.17, 15) is 4.79 Å². The van der Waals surface area contributed by atoms with Gasteiger partial charge in [0.2, 0.25) is 0 Å². The van der Waals surface area contributed by atoms with E-state index in [0.29, 0.717) is 11.7 Å². The third-order valence-electron chi connectivity index (χ3n) is 2.51. The molecule has 1 amide bonds. The lowest BCUT2D eigenvalue weighted by atomic mass is 10.1. The van der Waals surface area contributed by atoms with Crippen LogP contribution in [0.25, 0.3) is 0 Å². The van der Waals surface area contributed by atoms with E-state index >= 15 is 0 Å². The fourth-order valence-corrected chi connectivity index (χ4v) is 1.74. The van der Waals surface area contributed by atoms with Gasteiger partial charge in [-0.3, -0.25) is 4.79 Å². The number of hydrogen-bond acceptors (Lipinski definition) is 2. The van der Waals surface area contributed by atoms with Gasteiger partial charge in [-0.25, -0.2) is 0 Å². The maximum absolute atomic E-state index is 11.8. The summed E-state index contributed by atoms with van der Waals surface area (Å²) < 4.78 is 0.904. The van der Waals surface area contributed by atoms with Gasteiger partial charge in [-0.15, -0.1) is 0 Å². The summed E-state index contributed by atoms with van der Waals surface area (Å²) in [6, 6.07) is 2.13. The third-order valence-corrected chi connectivity index (χ3v) is 2.96. The molecule has 2 rings (SSSR count). The van der Waals surface area contributed by atoms with Gasteiger partial charge in [0.15, 0.2) is 0 Å². The van der Waals surface area contributed by atoms with Crippen molar-refractivity contribution in [3.8, 4) is 0 Å². The lowest BCUT2D eigenvalue weighted by Crippen LogP contribution is -2.57. The molecule has 0 bridgehead atoms. The van der Waals surface area contributed by atoms with Crippen molar-refractivity contribution in [2.24, 2.45) is 0 Å². The maximum atomic E-state index is 11.8. The molecule has 1 aliphatic rings. The van der Waals surface area contributed by atoms with Crippen molar-refractivity contribution >= 4 is 21.8 Å². The molecule has 1 aromatic rings. The topological polar surface area (TPSA) is 48.1 Å². The van der Waals surface area contributed by atoms with Crippen molar-refractivity contribution in [2.75, 3.05) is 20.1 Å². The van der Waals surface area contributed by atoms with E-state index < -0.39 is 0 Å². The number of carbonyl (C=O) groups is 1.